The zero-order valence-corrected chi connectivity index (χ0v) is 10.4. The minimum Gasteiger partial charge on any atom is -0.273 e. The van der Waals surface area contributed by atoms with E-state index in [1.807, 2.05) is 17.9 Å². The molecule has 90 valence electrons. The van der Waals surface area contributed by atoms with Gasteiger partial charge in [-0.15, -0.1) is 0 Å². The Bertz CT molecular complexity index is 456. The van der Waals surface area contributed by atoms with Gasteiger partial charge in [-0.05, 0) is 50.0 Å². The highest BCUT2D eigenvalue weighted by Gasteiger charge is 2.50. The highest BCUT2D eigenvalue weighted by molar-refractivity contribution is 5.13. The fourth-order valence-electron chi connectivity index (χ4n) is 3.94. The zero-order valence-electron chi connectivity index (χ0n) is 10.4. The summed E-state index contributed by atoms with van der Waals surface area (Å²) in [5, 5.41) is 13.8. The molecule has 0 aromatic carbocycles. The number of rotatable bonds is 3. The highest BCUT2D eigenvalue weighted by Crippen LogP contribution is 2.57. The van der Waals surface area contributed by atoms with Crippen molar-refractivity contribution in [3.8, 4) is 6.07 Å². The topological polar surface area (TPSA) is 41.6 Å². The van der Waals surface area contributed by atoms with Gasteiger partial charge in [0.2, 0.25) is 0 Å². The zero-order chi connectivity index (χ0) is 11.9. The standard InChI is InChI=1S/C14H19N3/c1-17-13(5-7-16-17)4-6-14(10-15)9-11-2-3-12(14)8-11/h5,7,11-12H,2-4,6,8-9H2,1H3. The summed E-state index contributed by atoms with van der Waals surface area (Å²) in [4.78, 5) is 0. The summed E-state index contributed by atoms with van der Waals surface area (Å²) in [7, 11) is 1.98. The Hall–Kier alpha value is -1.30. The van der Waals surface area contributed by atoms with Crippen molar-refractivity contribution < 1.29 is 0 Å². The number of nitriles is 1. The van der Waals surface area contributed by atoms with E-state index in [4.69, 9.17) is 0 Å². The molecule has 2 fully saturated rings. The van der Waals surface area contributed by atoms with E-state index in [-0.39, 0.29) is 5.41 Å². The Balaban J connectivity index is 1.72. The van der Waals surface area contributed by atoms with Gasteiger partial charge in [0.15, 0.2) is 0 Å². The first-order valence-corrected chi connectivity index (χ1v) is 6.62. The van der Waals surface area contributed by atoms with E-state index in [1.54, 1.807) is 0 Å². The predicted octanol–water partition coefficient (Wildman–Crippen LogP) is 2.68. The van der Waals surface area contributed by atoms with Gasteiger partial charge in [0, 0.05) is 18.9 Å². The second-order valence-electron chi connectivity index (χ2n) is 5.79. The first-order chi connectivity index (χ1) is 8.23. The summed E-state index contributed by atoms with van der Waals surface area (Å²) in [5.41, 5.74) is 1.23. The summed E-state index contributed by atoms with van der Waals surface area (Å²) in [5.74, 6) is 1.51. The van der Waals surface area contributed by atoms with E-state index in [9.17, 15) is 5.26 Å². The van der Waals surface area contributed by atoms with Crippen molar-refractivity contribution in [2.24, 2.45) is 24.3 Å². The lowest BCUT2D eigenvalue weighted by Crippen LogP contribution is -2.27. The van der Waals surface area contributed by atoms with E-state index < -0.39 is 0 Å². The van der Waals surface area contributed by atoms with Crippen molar-refractivity contribution in [3.63, 3.8) is 0 Å². The summed E-state index contributed by atoms with van der Waals surface area (Å²) in [6.07, 6.45) is 8.95. The lowest BCUT2D eigenvalue weighted by molar-refractivity contribution is 0.222. The maximum absolute atomic E-state index is 9.56. The Morgan fingerprint density at radius 2 is 2.47 bits per heavy atom. The smallest absolute Gasteiger partial charge is 0.0692 e. The molecule has 0 N–H and O–H groups in total. The Labute approximate surface area is 102 Å². The molecule has 2 aliphatic carbocycles. The van der Waals surface area contributed by atoms with Crippen LogP contribution in [-0.2, 0) is 13.5 Å². The molecule has 3 nitrogen and oxygen atoms in total. The Kier molecular flexibility index (Phi) is 2.47. The highest BCUT2D eigenvalue weighted by atomic mass is 15.2. The summed E-state index contributed by atoms with van der Waals surface area (Å²) < 4.78 is 1.93. The molecule has 2 aliphatic rings. The summed E-state index contributed by atoms with van der Waals surface area (Å²) in [6, 6.07) is 4.73. The maximum Gasteiger partial charge on any atom is 0.0692 e. The van der Waals surface area contributed by atoms with Gasteiger partial charge in [0.05, 0.1) is 11.5 Å². The van der Waals surface area contributed by atoms with Crippen LogP contribution in [0.2, 0.25) is 0 Å². The number of aryl methyl sites for hydroxylation is 2. The first kappa shape index (κ1) is 10.8. The Morgan fingerprint density at radius 3 is 3.00 bits per heavy atom. The van der Waals surface area contributed by atoms with Crippen LogP contribution in [0.1, 0.15) is 37.8 Å². The minimum atomic E-state index is -0.0206. The van der Waals surface area contributed by atoms with Gasteiger partial charge in [0.25, 0.3) is 0 Å². The third-order valence-corrected chi connectivity index (χ3v) is 4.95. The van der Waals surface area contributed by atoms with Gasteiger partial charge in [-0.3, -0.25) is 4.68 Å². The number of hydrogen-bond donors (Lipinski definition) is 0. The molecule has 0 amide bonds. The van der Waals surface area contributed by atoms with Crippen LogP contribution in [0.15, 0.2) is 12.3 Å². The first-order valence-electron chi connectivity index (χ1n) is 6.62. The van der Waals surface area contributed by atoms with E-state index in [2.05, 4.69) is 17.2 Å². The molecule has 0 radical (unpaired) electrons. The van der Waals surface area contributed by atoms with Crippen LogP contribution in [0.25, 0.3) is 0 Å². The number of aromatic nitrogens is 2. The second-order valence-corrected chi connectivity index (χ2v) is 5.79. The molecular formula is C14H19N3. The van der Waals surface area contributed by atoms with Crippen LogP contribution >= 0.6 is 0 Å². The SMILES string of the molecule is Cn1nccc1CCC1(C#N)CC2CCC1C2. The Morgan fingerprint density at radius 1 is 1.59 bits per heavy atom. The molecule has 3 unspecified atom stereocenters. The van der Waals surface area contributed by atoms with Crippen molar-refractivity contribution in [2.75, 3.05) is 0 Å². The molecule has 17 heavy (non-hydrogen) atoms. The predicted molar refractivity (Wildman–Crippen MR) is 65.0 cm³/mol. The van der Waals surface area contributed by atoms with Crippen molar-refractivity contribution in [2.45, 2.75) is 38.5 Å². The summed E-state index contributed by atoms with van der Waals surface area (Å²) in [6.45, 7) is 0. The third-order valence-electron chi connectivity index (χ3n) is 4.95. The largest absolute Gasteiger partial charge is 0.273 e. The molecule has 0 saturated heterocycles. The molecule has 2 bridgehead atoms. The van der Waals surface area contributed by atoms with Crippen molar-refractivity contribution in [1.29, 1.82) is 5.26 Å². The van der Waals surface area contributed by atoms with Gasteiger partial charge < -0.3 is 0 Å². The molecule has 2 saturated carbocycles. The van der Waals surface area contributed by atoms with Gasteiger partial charge in [0.1, 0.15) is 0 Å². The van der Waals surface area contributed by atoms with E-state index >= 15 is 0 Å². The third kappa shape index (κ3) is 1.67. The van der Waals surface area contributed by atoms with Gasteiger partial charge in [-0.1, -0.05) is 6.42 Å². The lowest BCUT2D eigenvalue weighted by atomic mass is 9.71. The fourth-order valence-corrected chi connectivity index (χ4v) is 3.94. The monoisotopic (exact) mass is 229 g/mol. The molecule has 1 heterocycles. The molecule has 3 heteroatoms. The number of hydrogen-bond acceptors (Lipinski definition) is 2. The number of fused-ring (bicyclic) bond motifs is 2. The molecule has 1 aromatic heterocycles. The van der Waals surface area contributed by atoms with E-state index in [0.29, 0.717) is 5.92 Å². The van der Waals surface area contributed by atoms with E-state index in [1.165, 1.54) is 25.0 Å². The van der Waals surface area contributed by atoms with Crippen LogP contribution in [0.4, 0.5) is 0 Å². The van der Waals surface area contributed by atoms with Crippen molar-refractivity contribution >= 4 is 0 Å². The number of nitrogens with zero attached hydrogens (tertiary/aromatic N) is 3. The fraction of sp³-hybridized carbons (Fsp3) is 0.714. The van der Waals surface area contributed by atoms with E-state index in [0.717, 1.165) is 25.2 Å². The second kappa shape index (κ2) is 3.87. The maximum atomic E-state index is 9.56. The average Bonchev–Trinajstić information content (AvgIpc) is 3.02. The molecule has 1 aromatic rings. The average molecular weight is 229 g/mol. The molecule has 3 atom stereocenters. The lowest BCUT2D eigenvalue weighted by Gasteiger charge is -2.30. The summed E-state index contributed by atoms with van der Waals surface area (Å²) >= 11 is 0. The van der Waals surface area contributed by atoms with Crippen LogP contribution in [0.5, 0.6) is 0 Å². The van der Waals surface area contributed by atoms with Crippen molar-refractivity contribution in [3.05, 3.63) is 18.0 Å². The van der Waals surface area contributed by atoms with Crippen LogP contribution in [-0.4, -0.2) is 9.78 Å². The molecular weight excluding hydrogens is 210 g/mol. The van der Waals surface area contributed by atoms with Crippen LogP contribution in [0, 0.1) is 28.6 Å². The molecule has 3 rings (SSSR count). The van der Waals surface area contributed by atoms with Gasteiger partial charge >= 0.3 is 0 Å². The minimum absolute atomic E-state index is 0.0206. The van der Waals surface area contributed by atoms with Crippen LogP contribution < -0.4 is 0 Å². The molecule has 0 spiro atoms. The van der Waals surface area contributed by atoms with Crippen molar-refractivity contribution in [1.82, 2.24) is 9.78 Å². The molecule has 0 aliphatic heterocycles. The van der Waals surface area contributed by atoms with Gasteiger partial charge in [-0.2, -0.15) is 10.4 Å². The normalized spacial score (nSPS) is 35.1. The quantitative estimate of drug-likeness (QED) is 0.799. The van der Waals surface area contributed by atoms with Gasteiger partial charge in [-0.25, -0.2) is 0 Å². The van der Waals surface area contributed by atoms with Crippen LogP contribution in [0.3, 0.4) is 0 Å².